The molecule has 0 aliphatic carbocycles. The highest BCUT2D eigenvalue weighted by molar-refractivity contribution is 5.88. The molecule has 0 fully saturated rings. The van der Waals surface area contributed by atoms with Crippen LogP contribution in [0.4, 0.5) is 34.5 Å². The Kier molecular flexibility index (Phi) is 5.74. The molecule has 144 valence electrons. The van der Waals surface area contributed by atoms with Crippen molar-refractivity contribution in [2.24, 2.45) is 0 Å². The third-order valence-corrected chi connectivity index (χ3v) is 4.06. The van der Waals surface area contributed by atoms with Crippen LogP contribution in [-0.2, 0) is 4.79 Å². The van der Waals surface area contributed by atoms with Crippen molar-refractivity contribution in [1.82, 2.24) is 9.97 Å². The molecule has 0 saturated heterocycles. The number of carbonyl (C=O) groups excluding carboxylic acids is 1. The van der Waals surface area contributed by atoms with Crippen molar-refractivity contribution in [3.63, 3.8) is 0 Å². The van der Waals surface area contributed by atoms with Gasteiger partial charge in [-0.3, -0.25) is 4.79 Å². The van der Waals surface area contributed by atoms with E-state index in [2.05, 4.69) is 25.9 Å². The molecule has 3 aromatic rings. The molecule has 1 heterocycles. The lowest BCUT2D eigenvalue weighted by atomic mass is 10.2. The Morgan fingerprint density at radius 1 is 0.964 bits per heavy atom. The van der Waals surface area contributed by atoms with Gasteiger partial charge in [0.15, 0.2) is 0 Å². The predicted octanol–water partition coefficient (Wildman–Crippen LogP) is 4.30. The standard InChI is InChI=1S/C21H24N6O/c1-14-13-22-21(25-18-6-5-7-19(12-18)27(3)4)26-20(14)24-17-10-8-16(9-11-17)23-15(2)28/h5-13H,1-4H3,(H,23,28)(H2,22,24,25,26). The first-order valence-electron chi connectivity index (χ1n) is 8.93. The average Bonchev–Trinajstić information content (AvgIpc) is 2.66. The maximum Gasteiger partial charge on any atom is 0.229 e. The summed E-state index contributed by atoms with van der Waals surface area (Å²) in [6, 6.07) is 15.5. The van der Waals surface area contributed by atoms with E-state index in [1.165, 1.54) is 6.92 Å². The third-order valence-electron chi connectivity index (χ3n) is 4.06. The summed E-state index contributed by atoms with van der Waals surface area (Å²) in [7, 11) is 4.00. The summed E-state index contributed by atoms with van der Waals surface area (Å²) in [5.41, 5.74) is 4.56. The quantitative estimate of drug-likeness (QED) is 0.595. The van der Waals surface area contributed by atoms with Crippen LogP contribution in [0.5, 0.6) is 0 Å². The number of hydrogen-bond donors (Lipinski definition) is 3. The van der Waals surface area contributed by atoms with Crippen LogP contribution in [0.2, 0.25) is 0 Å². The smallest absolute Gasteiger partial charge is 0.229 e. The van der Waals surface area contributed by atoms with Crippen molar-refractivity contribution in [3.8, 4) is 0 Å². The van der Waals surface area contributed by atoms with Gasteiger partial charge < -0.3 is 20.9 Å². The van der Waals surface area contributed by atoms with Crippen molar-refractivity contribution < 1.29 is 4.79 Å². The Morgan fingerprint density at radius 2 is 1.68 bits per heavy atom. The zero-order valence-electron chi connectivity index (χ0n) is 16.4. The highest BCUT2D eigenvalue weighted by Crippen LogP contribution is 2.23. The third kappa shape index (κ3) is 4.97. The normalized spacial score (nSPS) is 10.3. The molecule has 0 aliphatic rings. The molecule has 0 aliphatic heterocycles. The lowest BCUT2D eigenvalue weighted by Crippen LogP contribution is -2.09. The van der Waals surface area contributed by atoms with Gasteiger partial charge in [0.2, 0.25) is 11.9 Å². The fraction of sp³-hybridized carbons (Fsp3) is 0.190. The van der Waals surface area contributed by atoms with Crippen LogP contribution in [0.15, 0.2) is 54.7 Å². The van der Waals surface area contributed by atoms with E-state index in [4.69, 9.17) is 0 Å². The van der Waals surface area contributed by atoms with E-state index in [0.29, 0.717) is 11.8 Å². The number of anilines is 6. The number of carbonyl (C=O) groups is 1. The Morgan fingerprint density at radius 3 is 2.36 bits per heavy atom. The van der Waals surface area contributed by atoms with Gasteiger partial charge in [0.1, 0.15) is 5.82 Å². The molecule has 0 atom stereocenters. The van der Waals surface area contributed by atoms with Gasteiger partial charge in [-0.2, -0.15) is 4.98 Å². The number of nitrogens with one attached hydrogen (secondary N) is 3. The van der Waals surface area contributed by atoms with Crippen LogP contribution in [-0.4, -0.2) is 30.0 Å². The van der Waals surface area contributed by atoms with Gasteiger partial charge in [0.25, 0.3) is 0 Å². The molecule has 28 heavy (non-hydrogen) atoms. The maximum absolute atomic E-state index is 11.1. The minimum absolute atomic E-state index is 0.0959. The molecule has 0 spiro atoms. The Labute approximate surface area is 164 Å². The first kappa shape index (κ1) is 19.2. The molecule has 0 radical (unpaired) electrons. The Balaban J connectivity index is 1.76. The summed E-state index contributed by atoms with van der Waals surface area (Å²) < 4.78 is 0. The topological polar surface area (TPSA) is 82.2 Å². The van der Waals surface area contributed by atoms with Crippen molar-refractivity contribution in [1.29, 1.82) is 0 Å². The zero-order valence-corrected chi connectivity index (χ0v) is 16.4. The molecule has 7 heteroatoms. The lowest BCUT2D eigenvalue weighted by Gasteiger charge is -2.15. The van der Waals surface area contributed by atoms with Gasteiger partial charge >= 0.3 is 0 Å². The van der Waals surface area contributed by atoms with Gasteiger partial charge in [-0.25, -0.2) is 4.98 Å². The Hall–Kier alpha value is -3.61. The molecule has 2 aromatic carbocycles. The van der Waals surface area contributed by atoms with E-state index in [1.54, 1.807) is 6.20 Å². The van der Waals surface area contributed by atoms with E-state index in [9.17, 15) is 4.79 Å². The summed E-state index contributed by atoms with van der Waals surface area (Å²) in [6.45, 7) is 3.43. The molecule has 1 amide bonds. The SMILES string of the molecule is CC(=O)Nc1ccc(Nc2nc(Nc3cccc(N(C)C)c3)ncc2C)cc1. The summed E-state index contributed by atoms with van der Waals surface area (Å²) in [5.74, 6) is 1.13. The molecular formula is C21H24N6O. The number of amides is 1. The van der Waals surface area contributed by atoms with Gasteiger partial charge in [-0.15, -0.1) is 0 Å². The predicted molar refractivity (Wildman–Crippen MR) is 115 cm³/mol. The Bertz CT molecular complexity index is 969. The number of nitrogens with zero attached hydrogens (tertiary/aromatic N) is 3. The van der Waals surface area contributed by atoms with Gasteiger partial charge in [-0.1, -0.05) is 6.07 Å². The molecular weight excluding hydrogens is 352 g/mol. The van der Waals surface area contributed by atoms with E-state index in [0.717, 1.165) is 28.3 Å². The van der Waals surface area contributed by atoms with E-state index in [-0.39, 0.29) is 5.91 Å². The highest BCUT2D eigenvalue weighted by atomic mass is 16.1. The maximum atomic E-state index is 11.1. The number of aryl methyl sites for hydroxylation is 1. The second kappa shape index (κ2) is 8.39. The van der Waals surface area contributed by atoms with Crippen LogP contribution in [0.25, 0.3) is 0 Å². The largest absolute Gasteiger partial charge is 0.378 e. The van der Waals surface area contributed by atoms with E-state index >= 15 is 0 Å². The molecule has 0 unspecified atom stereocenters. The van der Waals surface area contributed by atoms with Crippen molar-refractivity contribution in [3.05, 3.63) is 60.3 Å². The van der Waals surface area contributed by atoms with Crippen molar-refractivity contribution >= 4 is 40.4 Å². The molecule has 0 bridgehead atoms. The number of aromatic nitrogens is 2. The van der Waals surface area contributed by atoms with Gasteiger partial charge in [0.05, 0.1) is 0 Å². The number of hydrogen-bond acceptors (Lipinski definition) is 6. The second-order valence-corrected chi connectivity index (χ2v) is 6.68. The average molecular weight is 376 g/mol. The number of rotatable bonds is 6. The summed E-state index contributed by atoms with van der Waals surface area (Å²) in [6.07, 6.45) is 1.78. The molecule has 3 N–H and O–H groups in total. The fourth-order valence-corrected chi connectivity index (χ4v) is 2.60. The summed E-state index contributed by atoms with van der Waals surface area (Å²) >= 11 is 0. The first-order chi connectivity index (χ1) is 13.4. The summed E-state index contributed by atoms with van der Waals surface area (Å²) in [4.78, 5) is 22.1. The van der Waals surface area contributed by atoms with Crippen LogP contribution in [0.3, 0.4) is 0 Å². The second-order valence-electron chi connectivity index (χ2n) is 6.68. The fourth-order valence-electron chi connectivity index (χ4n) is 2.60. The van der Waals surface area contributed by atoms with Gasteiger partial charge in [-0.05, 0) is 49.4 Å². The lowest BCUT2D eigenvalue weighted by molar-refractivity contribution is -0.114. The molecule has 1 aromatic heterocycles. The minimum atomic E-state index is -0.0959. The molecule has 7 nitrogen and oxygen atoms in total. The van der Waals surface area contributed by atoms with Crippen molar-refractivity contribution in [2.45, 2.75) is 13.8 Å². The molecule has 0 saturated carbocycles. The van der Waals surface area contributed by atoms with E-state index < -0.39 is 0 Å². The zero-order chi connectivity index (χ0) is 20.1. The number of benzene rings is 2. The van der Waals surface area contributed by atoms with E-state index in [1.807, 2.05) is 74.4 Å². The summed E-state index contributed by atoms with van der Waals surface area (Å²) in [5, 5.41) is 9.29. The van der Waals surface area contributed by atoms with Crippen LogP contribution in [0, 0.1) is 6.92 Å². The van der Waals surface area contributed by atoms with Crippen LogP contribution >= 0.6 is 0 Å². The first-order valence-corrected chi connectivity index (χ1v) is 8.93. The van der Waals surface area contributed by atoms with Crippen LogP contribution < -0.4 is 20.9 Å². The van der Waals surface area contributed by atoms with Crippen LogP contribution in [0.1, 0.15) is 12.5 Å². The minimum Gasteiger partial charge on any atom is -0.378 e. The molecule has 3 rings (SSSR count). The highest BCUT2D eigenvalue weighted by Gasteiger charge is 2.06. The monoisotopic (exact) mass is 376 g/mol. The van der Waals surface area contributed by atoms with Crippen molar-refractivity contribution in [2.75, 3.05) is 34.9 Å². The van der Waals surface area contributed by atoms with Gasteiger partial charge in [0, 0.05) is 55.5 Å².